The van der Waals surface area contributed by atoms with Crippen molar-refractivity contribution < 1.29 is 0 Å². The fraction of sp³-hybridized carbons (Fsp3) is 1.00. The lowest BCUT2D eigenvalue weighted by molar-refractivity contribution is 0.204. The third kappa shape index (κ3) is 3.21. The Kier molecular flexibility index (Phi) is 3.33. The molecule has 1 saturated carbocycles. The number of hydrogen-bond donors (Lipinski definition) is 1. The largest absolute Gasteiger partial charge is 0.324 e. The molecule has 0 aromatic rings. The maximum atomic E-state index is 6.21. The van der Waals surface area contributed by atoms with Gasteiger partial charge in [-0.15, -0.1) is 0 Å². The molecule has 16 heavy (non-hydrogen) atoms. The van der Waals surface area contributed by atoms with E-state index < -0.39 is 0 Å². The molecule has 2 nitrogen and oxygen atoms in total. The standard InChI is InChI=1S/C14H28N2/c1-13(2,3)12-5-4-9-16(10-6-12)11-14(15)7-8-14/h12H,4-11,15H2,1-3H3. The van der Waals surface area contributed by atoms with Gasteiger partial charge in [0.1, 0.15) is 0 Å². The van der Waals surface area contributed by atoms with Crippen molar-refractivity contribution >= 4 is 0 Å². The van der Waals surface area contributed by atoms with Gasteiger partial charge < -0.3 is 10.6 Å². The van der Waals surface area contributed by atoms with Gasteiger partial charge in [-0.25, -0.2) is 0 Å². The highest BCUT2D eigenvalue weighted by Crippen LogP contribution is 2.36. The maximum absolute atomic E-state index is 6.21. The van der Waals surface area contributed by atoms with Crippen LogP contribution in [0.4, 0.5) is 0 Å². The monoisotopic (exact) mass is 224 g/mol. The first-order valence-corrected chi connectivity index (χ1v) is 6.90. The van der Waals surface area contributed by atoms with E-state index in [2.05, 4.69) is 25.7 Å². The van der Waals surface area contributed by atoms with Gasteiger partial charge in [-0.05, 0) is 56.5 Å². The minimum atomic E-state index is 0.196. The van der Waals surface area contributed by atoms with Crippen LogP contribution < -0.4 is 5.73 Å². The summed E-state index contributed by atoms with van der Waals surface area (Å²) in [6.45, 7) is 10.8. The number of nitrogens with two attached hydrogens (primary N) is 1. The molecule has 0 radical (unpaired) electrons. The maximum Gasteiger partial charge on any atom is 0.0284 e. The summed E-state index contributed by atoms with van der Waals surface area (Å²) in [4.78, 5) is 2.61. The summed E-state index contributed by atoms with van der Waals surface area (Å²) in [6.07, 6.45) is 6.60. The minimum Gasteiger partial charge on any atom is -0.324 e. The van der Waals surface area contributed by atoms with Crippen LogP contribution in [0.15, 0.2) is 0 Å². The van der Waals surface area contributed by atoms with Crippen LogP contribution in [0, 0.1) is 11.3 Å². The molecule has 1 heterocycles. The van der Waals surface area contributed by atoms with E-state index >= 15 is 0 Å². The molecule has 2 N–H and O–H groups in total. The van der Waals surface area contributed by atoms with Crippen LogP contribution in [0.3, 0.4) is 0 Å². The molecule has 0 amide bonds. The van der Waals surface area contributed by atoms with Gasteiger partial charge in [-0.3, -0.25) is 0 Å². The highest BCUT2D eigenvalue weighted by Gasteiger charge is 2.40. The normalized spacial score (nSPS) is 31.1. The van der Waals surface area contributed by atoms with Gasteiger partial charge in [0.15, 0.2) is 0 Å². The van der Waals surface area contributed by atoms with Crippen molar-refractivity contribution in [3.8, 4) is 0 Å². The third-order valence-corrected chi connectivity index (χ3v) is 4.48. The first kappa shape index (κ1) is 12.4. The highest BCUT2D eigenvalue weighted by atomic mass is 15.2. The molecular formula is C14H28N2. The molecule has 2 rings (SSSR count). The van der Waals surface area contributed by atoms with Gasteiger partial charge >= 0.3 is 0 Å². The van der Waals surface area contributed by atoms with E-state index in [1.807, 2.05) is 0 Å². The van der Waals surface area contributed by atoms with Crippen LogP contribution in [-0.4, -0.2) is 30.1 Å². The second-order valence-electron chi connectivity index (χ2n) is 7.13. The zero-order valence-electron chi connectivity index (χ0n) is 11.3. The van der Waals surface area contributed by atoms with Crippen molar-refractivity contribution in [1.82, 2.24) is 4.90 Å². The molecule has 0 aromatic heterocycles. The lowest BCUT2D eigenvalue weighted by Gasteiger charge is -2.30. The van der Waals surface area contributed by atoms with Crippen LogP contribution in [0.1, 0.15) is 52.9 Å². The first-order chi connectivity index (χ1) is 7.39. The van der Waals surface area contributed by atoms with Crippen molar-refractivity contribution in [3.63, 3.8) is 0 Å². The Balaban J connectivity index is 1.83. The van der Waals surface area contributed by atoms with E-state index in [9.17, 15) is 0 Å². The molecule has 1 aliphatic heterocycles. The lowest BCUT2D eigenvalue weighted by atomic mass is 9.77. The summed E-state index contributed by atoms with van der Waals surface area (Å²) in [5.41, 5.74) is 6.89. The van der Waals surface area contributed by atoms with E-state index in [1.165, 1.54) is 45.2 Å². The Hall–Kier alpha value is -0.0800. The van der Waals surface area contributed by atoms with Crippen molar-refractivity contribution in [2.75, 3.05) is 19.6 Å². The number of rotatable bonds is 2. The van der Waals surface area contributed by atoms with Crippen LogP contribution >= 0.6 is 0 Å². The quantitative estimate of drug-likeness (QED) is 0.781. The molecule has 94 valence electrons. The van der Waals surface area contributed by atoms with E-state index in [1.54, 1.807) is 0 Å². The number of likely N-dealkylation sites (tertiary alicyclic amines) is 1. The molecule has 1 saturated heterocycles. The summed E-state index contributed by atoms with van der Waals surface area (Å²) < 4.78 is 0. The fourth-order valence-electron chi connectivity index (χ4n) is 2.94. The summed E-state index contributed by atoms with van der Waals surface area (Å²) in [6, 6.07) is 0. The Labute approximate surface area is 101 Å². The van der Waals surface area contributed by atoms with Gasteiger partial charge in [0.05, 0.1) is 0 Å². The van der Waals surface area contributed by atoms with Gasteiger partial charge in [0, 0.05) is 12.1 Å². The molecule has 2 aliphatic rings. The van der Waals surface area contributed by atoms with E-state index in [-0.39, 0.29) is 5.54 Å². The molecule has 1 unspecified atom stereocenters. The van der Waals surface area contributed by atoms with Crippen molar-refractivity contribution in [1.29, 1.82) is 0 Å². The van der Waals surface area contributed by atoms with Crippen molar-refractivity contribution in [2.45, 2.75) is 58.4 Å². The predicted molar refractivity (Wildman–Crippen MR) is 69.4 cm³/mol. The van der Waals surface area contributed by atoms with Gasteiger partial charge in [0.25, 0.3) is 0 Å². The lowest BCUT2D eigenvalue weighted by Crippen LogP contribution is -2.40. The fourth-order valence-corrected chi connectivity index (χ4v) is 2.94. The number of nitrogens with zero attached hydrogens (tertiary/aromatic N) is 1. The average molecular weight is 224 g/mol. The van der Waals surface area contributed by atoms with Gasteiger partial charge in [0.2, 0.25) is 0 Å². The predicted octanol–water partition coefficient (Wildman–Crippen LogP) is 2.63. The smallest absolute Gasteiger partial charge is 0.0284 e. The average Bonchev–Trinajstić information content (AvgIpc) is 2.90. The zero-order chi connectivity index (χ0) is 11.8. The topological polar surface area (TPSA) is 29.3 Å². The Bertz CT molecular complexity index is 238. The molecular weight excluding hydrogens is 196 g/mol. The Morgan fingerprint density at radius 1 is 1.19 bits per heavy atom. The van der Waals surface area contributed by atoms with Gasteiger partial charge in [-0.1, -0.05) is 20.8 Å². The SMILES string of the molecule is CC(C)(C)C1CCCN(CC2(N)CC2)CC1. The Morgan fingerprint density at radius 3 is 2.44 bits per heavy atom. The minimum absolute atomic E-state index is 0.196. The van der Waals surface area contributed by atoms with E-state index in [0.717, 1.165) is 12.5 Å². The summed E-state index contributed by atoms with van der Waals surface area (Å²) in [7, 11) is 0. The van der Waals surface area contributed by atoms with Crippen LogP contribution in [0.25, 0.3) is 0 Å². The van der Waals surface area contributed by atoms with E-state index in [0.29, 0.717) is 5.41 Å². The van der Waals surface area contributed by atoms with Crippen LogP contribution in [0.2, 0.25) is 0 Å². The van der Waals surface area contributed by atoms with Crippen LogP contribution in [-0.2, 0) is 0 Å². The molecule has 0 aromatic carbocycles. The second-order valence-corrected chi connectivity index (χ2v) is 7.13. The molecule has 1 aliphatic carbocycles. The van der Waals surface area contributed by atoms with Crippen molar-refractivity contribution in [3.05, 3.63) is 0 Å². The molecule has 2 heteroatoms. The van der Waals surface area contributed by atoms with Crippen LogP contribution in [0.5, 0.6) is 0 Å². The number of hydrogen-bond acceptors (Lipinski definition) is 2. The zero-order valence-corrected chi connectivity index (χ0v) is 11.3. The van der Waals surface area contributed by atoms with Gasteiger partial charge in [-0.2, -0.15) is 0 Å². The molecule has 1 atom stereocenters. The molecule has 0 bridgehead atoms. The van der Waals surface area contributed by atoms with Crippen molar-refractivity contribution in [2.24, 2.45) is 17.1 Å². The Morgan fingerprint density at radius 2 is 1.88 bits per heavy atom. The summed E-state index contributed by atoms with van der Waals surface area (Å²) in [5, 5.41) is 0. The summed E-state index contributed by atoms with van der Waals surface area (Å²) in [5.74, 6) is 0.894. The highest BCUT2D eigenvalue weighted by molar-refractivity contribution is 5.01. The first-order valence-electron chi connectivity index (χ1n) is 6.90. The molecule has 2 fully saturated rings. The van der Waals surface area contributed by atoms with E-state index in [4.69, 9.17) is 5.73 Å². The third-order valence-electron chi connectivity index (χ3n) is 4.48. The second kappa shape index (κ2) is 4.30. The molecule has 0 spiro atoms. The summed E-state index contributed by atoms with van der Waals surface area (Å²) >= 11 is 0.